The van der Waals surface area contributed by atoms with Gasteiger partial charge in [-0.2, -0.15) is 11.8 Å². The van der Waals surface area contributed by atoms with Crippen LogP contribution in [0.4, 0.5) is 5.69 Å². The van der Waals surface area contributed by atoms with E-state index >= 15 is 0 Å². The summed E-state index contributed by atoms with van der Waals surface area (Å²) in [6, 6.07) is 6.33. The van der Waals surface area contributed by atoms with Crippen LogP contribution in [-0.4, -0.2) is 29.5 Å². The Balaban J connectivity index is 1.95. The maximum absolute atomic E-state index is 6.03. The van der Waals surface area contributed by atoms with Gasteiger partial charge in [-0.05, 0) is 50.7 Å². The molecule has 0 saturated carbocycles. The summed E-state index contributed by atoms with van der Waals surface area (Å²) >= 11 is 2.01. The van der Waals surface area contributed by atoms with Crippen molar-refractivity contribution in [1.82, 2.24) is 4.90 Å². The van der Waals surface area contributed by atoms with Crippen LogP contribution in [0, 0.1) is 6.92 Å². The van der Waals surface area contributed by atoms with E-state index in [1.807, 2.05) is 17.8 Å². The Labute approximate surface area is 109 Å². The van der Waals surface area contributed by atoms with Gasteiger partial charge in [0.2, 0.25) is 0 Å². The molecule has 0 radical (unpaired) electrons. The van der Waals surface area contributed by atoms with E-state index in [1.54, 1.807) is 0 Å². The van der Waals surface area contributed by atoms with Gasteiger partial charge in [0, 0.05) is 17.5 Å². The number of thioether (sulfide) groups is 1. The Kier molecular flexibility index (Phi) is 4.35. The van der Waals surface area contributed by atoms with Gasteiger partial charge >= 0.3 is 0 Å². The number of rotatable bonds is 3. The minimum absolute atomic E-state index is 0.862. The van der Waals surface area contributed by atoms with Crippen molar-refractivity contribution in [2.45, 2.75) is 31.6 Å². The summed E-state index contributed by atoms with van der Waals surface area (Å²) in [5.41, 5.74) is 9.55. The Morgan fingerprint density at radius 1 is 1.35 bits per heavy atom. The summed E-state index contributed by atoms with van der Waals surface area (Å²) in [4.78, 5) is 2.53. The fourth-order valence-electron chi connectivity index (χ4n) is 2.42. The van der Waals surface area contributed by atoms with Gasteiger partial charge in [0.15, 0.2) is 0 Å². The van der Waals surface area contributed by atoms with E-state index in [1.165, 1.54) is 37.1 Å². The molecule has 17 heavy (non-hydrogen) atoms. The van der Waals surface area contributed by atoms with Crippen LogP contribution in [0.3, 0.4) is 0 Å². The van der Waals surface area contributed by atoms with Gasteiger partial charge in [0.1, 0.15) is 0 Å². The zero-order valence-corrected chi connectivity index (χ0v) is 11.6. The third-order valence-electron chi connectivity index (χ3n) is 3.56. The third-order valence-corrected chi connectivity index (χ3v) is 4.70. The molecule has 1 aliphatic heterocycles. The van der Waals surface area contributed by atoms with Crippen molar-refractivity contribution in [1.29, 1.82) is 0 Å². The van der Waals surface area contributed by atoms with Crippen LogP contribution in [0.25, 0.3) is 0 Å². The molecule has 0 unspecified atom stereocenters. The first kappa shape index (κ1) is 12.8. The zero-order valence-electron chi connectivity index (χ0n) is 10.8. The second-order valence-electron chi connectivity index (χ2n) is 4.91. The normalized spacial score (nSPS) is 18.5. The molecule has 1 aromatic carbocycles. The minimum Gasteiger partial charge on any atom is -0.398 e. The molecule has 2 rings (SSSR count). The highest BCUT2D eigenvalue weighted by atomic mass is 32.2. The van der Waals surface area contributed by atoms with E-state index in [0.717, 1.165) is 17.5 Å². The molecule has 94 valence electrons. The molecule has 0 bridgehead atoms. The maximum atomic E-state index is 6.03. The van der Waals surface area contributed by atoms with E-state index in [-0.39, 0.29) is 0 Å². The fraction of sp³-hybridized carbons (Fsp3) is 0.571. The van der Waals surface area contributed by atoms with Gasteiger partial charge in [0.25, 0.3) is 0 Å². The average molecular weight is 250 g/mol. The second-order valence-corrected chi connectivity index (χ2v) is 6.05. The summed E-state index contributed by atoms with van der Waals surface area (Å²) in [5.74, 6) is 0. The molecular weight excluding hydrogens is 228 g/mol. The van der Waals surface area contributed by atoms with Crippen LogP contribution in [0.15, 0.2) is 18.2 Å². The molecule has 3 heteroatoms. The number of nitrogens with zero attached hydrogens (tertiary/aromatic N) is 1. The van der Waals surface area contributed by atoms with Crippen molar-refractivity contribution in [2.24, 2.45) is 0 Å². The molecule has 2 nitrogen and oxygen atoms in total. The number of likely N-dealkylation sites (tertiary alicyclic amines) is 1. The van der Waals surface area contributed by atoms with E-state index < -0.39 is 0 Å². The molecule has 0 aliphatic carbocycles. The summed E-state index contributed by atoms with van der Waals surface area (Å²) in [5, 5.41) is 0.862. The quantitative estimate of drug-likeness (QED) is 0.836. The van der Waals surface area contributed by atoms with Crippen molar-refractivity contribution in [3.05, 3.63) is 29.3 Å². The number of aryl methyl sites for hydroxylation is 1. The van der Waals surface area contributed by atoms with Crippen molar-refractivity contribution >= 4 is 17.4 Å². The predicted octanol–water partition coefficient (Wildman–Crippen LogP) is 2.90. The Bertz CT molecular complexity index is 370. The summed E-state index contributed by atoms with van der Waals surface area (Å²) in [6.45, 7) is 5.55. The van der Waals surface area contributed by atoms with E-state index in [2.05, 4.69) is 30.2 Å². The topological polar surface area (TPSA) is 29.3 Å². The maximum Gasteiger partial charge on any atom is 0.0359 e. The molecule has 0 amide bonds. The first-order valence-electron chi connectivity index (χ1n) is 6.29. The highest BCUT2D eigenvalue weighted by Gasteiger charge is 2.18. The molecule has 0 aromatic heterocycles. The number of nitrogen functional groups attached to an aromatic ring is 1. The molecule has 1 heterocycles. The predicted molar refractivity (Wildman–Crippen MR) is 77.4 cm³/mol. The van der Waals surface area contributed by atoms with E-state index in [9.17, 15) is 0 Å². The smallest absolute Gasteiger partial charge is 0.0359 e. The number of hydrogen-bond acceptors (Lipinski definition) is 3. The lowest BCUT2D eigenvalue weighted by atomic mass is 10.1. The standard InChI is InChI=1S/C14H22N2S/c1-11-3-4-14(15)12(9-11)10-16-7-5-13(17-2)6-8-16/h3-4,9,13H,5-8,10,15H2,1-2H3. The number of hydrogen-bond donors (Lipinski definition) is 1. The minimum atomic E-state index is 0.862. The molecular formula is C14H22N2S. The van der Waals surface area contributed by atoms with Crippen molar-refractivity contribution in [3.63, 3.8) is 0 Å². The highest BCUT2D eigenvalue weighted by molar-refractivity contribution is 7.99. The monoisotopic (exact) mass is 250 g/mol. The highest BCUT2D eigenvalue weighted by Crippen LogP contribution is 2.23. The Morgan fingerprint density at radius 3 is 2.71 bits per heavy atom. The van der Waals surface area contributed by atoms with Crippen LogP contribution in [0.2, 0.25) is 0 Å². The van der Waals surface area contributed by atoms with Gasteiger partial charge in [0.05, 0.1) is 0 Å². The summed E-state index contributed by atoms with van der Waals surface area (Å²) in [6.07, 6.45) is 4.85. The van der Waals surface area contributed by atoms with Gasteiger partial charge in [-0.25, -0.2) is 0 Å². The van der Waals surface area contributed by atoms with Crippen molar-refractivity contribution in [2.75, 3.05) is 25.1 Å². The Morgan fingerprint density at radius 2 is 2.06 bits per heavy atom. The number of nitrogens with two attached hydrogens (primary N) is 1. The average Bonchev–Trinajstić information content (AvgIpc) is 2.35. The van der Waals surface area contributed by atoms with Gasteiger partial charge in [-0.3, -0.25) is 4.90 Å². The van der Waals surface area contributed by atoms with Crippen LogP contribution < -0.4 is 5.73 Å². The van der Waals surface area contributed by atoms with Crippen molar-refractivity contribution < 1.29 is 0 Å². The number of anilines is 1. The van der Waals surface area contributed by atoms with Crippen molar-refractivity contribution in [3.8, 4) is 0 Å². The molecule has 1 fully saturated rings. The lowest BCUT2D eigenvalue weighted by Crippen LogP contribution is -2.34. The third kappa shape index (κ3) is 3.39. The summed E-state index contributed by atoms with van der Waals surface area (Å²) in [7, 11) is 0. The van der Waals surface area contributed by atoms with Crippen LogP contribution >= 0.6 is 11.8 Å². The molecule has 0 spiro atoms. The van der Waals surface area contributed by atoms with Crippen LogP contribution in [-0.2, 0) is 6.54 Å². The zero-order chi connectivity index (χ0) is 12.3. The number of piperidine rings is 1. The van der Waals surface area contributed by atoms with Gasteiger partial charge < -0.3 is 5.73 Å². The molecule has 1 aromatic rings. The van der Waals surface area contributed by atoms with E-state index in [0.29, 0.717) is 0 Å². The SMILES string of the molecule is CSC1CCN(Cc2cc(C)ccc2N)CC1. The lowest BCUT2D eigenvalue weighted by Gasteiger charge is -2.31. The van der Waals surface area contributed by atoms with Crippen LogP contribution in [0.1, 0.15) is 24.0 Å². The van der Waals surface area contributed by atoms with Gasteiger partial charge in [-0.15, -0.1) is 0 Å². The van der Waals surface area contributed by atoms with Gasteiger partial charge in [-0.1, -0.05) is 17.7 Å². The first-order valence-corrected chi connectivity index (χ1v) is 7.58. The molecule has 0 atom stereocenters. The first-order chi connectivity index (χ1) is 8.19. The largest absolute Gasteiger partial charge is 0.398 e. The summed E-state index contributed by atoms with van der Waals surface area (Å²) < 4.78 is 0. The molecule has 2 N–H and O–H groups in total. The number of benzene rings is 1. The Hall–Kier alpha value is -0.670. The fourth-order valence-corrected chi connectivity index (χ4v) is 3.10. The van der Waals surface area contributed by atoms with Crippen LogP contribution in [0.5, 0.6) is 0 Å². The molecule has 1 aliphatic rings. The lowest BCUT2D eigenvalue weighted by molar-refractivity contribution is 0.225. The second kappa shape index (κ2) is 5.78. The van der Waals surface area contributed by atoms with E-state index in [4.69, 9.17) is 5.73 Å². The molecule has 1 saturated heterocycles.